The smallest absolute Gasteiger partial charge is 0.257 e. The minimum atomic E-state index is -0.0775. The molecular weight excluding hydrogens is 240 g/mol. The van der Waals surface area contributed by atoms with Crippen molar-refractivity contribution < 1.29 is 4.74 Å². The van der Waals surface area contributed by atoms with E-state index in [2.05, 4.69) is 4.98 Å². The number of pyridine rings is 1. The first kappa shape index (κ1) is 11.5. The van der Waals surface area contributed by atoms with Crippen LogP contribution in [-0.4, -0.2) is 16.5 Å². The van der Waals surface area contributed by atoms with Crippen LogP contribution in [-0.2, 0) is 0 Å². The lowest BCUT2D eigenvalue weighted by atomic mass is 10.1. The van der Waals surface area contributed by atoms with Gasteiger partial charge in [0.25, 0.3) is 5.56 Å². The summed E-state index contributed by atoms with van der Waals surface area (Å²) in [6.07, 6.45) is 3.26. The summed E-state index contributed by atoms with van der Waals surface area (Å²) in [6, 6.07) is 13.0. The van der Waals surface area contributed by atoms with Gasteiger partial charge in [-0.3, -0.25) is 9.20 Å². The summed E-state index contributed by atoms with van der Waals surface area (Å²) in [5.41, 5.74) is 2.63. The summed E-state index contributed by atoms with van der Waals surface area (Å²) >= 11 is 0. The Morgan fingerprint density at radius 1 is 1.05 bits per heavy atom. The van der Waals surface area contributed by atoms with Crippen molar-refractivity contribution in [2.45, 2.75) is 0 Å². The Bertz CT molecular complexity index is 776. The van der Waals surface area contributed by atoms with E-state index in [-0.39, 0.29) is 5.56 Å². The van der Waals surface area contributed by atoms with Gasteiger partial charge in [0.05, 0.1) is 7.11 Å². The second-order valence-corrected chi connectivity index (χ2v) is 4.16. The number of hydrogen-bond acceptors (Lipinski definition) is 3. The normalized spacial score (nSPS) is 10.6. The van der Waals surface area contributed by atoms with Gasteiger partial charge in [0.2, 0.25) is 0 Å². The van der Waals surface area contributed by atoms with Gasteiger partial charge in [-0.25, -0.2) is 4.98 Å². The molecule has 0 fully saturated rings. The largest absolute Gasteiger partial charge is 0.497 e. The summed E-state index contributed by atoms with van der Waals surface area (Å²) in [5.74, 6) is 0.818. The molecule has 0 aliphatic heterocycles. The van der Waals surface area contributed by atoms with Crippen LogP contribution >= 0.6 is 0 Å². The molecule has 19 heavy (non-hydrogen) atoms. The summed E-state index contributed by atoms with van der Waals surface area (Å²) < 4.78 is 6.65. The molecule has 0 saturated carbocycles. The van der Waals surface area contributed by atoms with E-state index in [1.807, 2.05) is 36.4 Å². The van der Waals surface area contributed by atoms with E-state index in [1.54, 1.807) is 13.3 Å². The van der Waals surface area contributed by atoms with Crippen molar-refractivity contribution in [2.75, 3.05) is 7.11 Å². The van der Waals surface area contributed by atoms with Gasteiger partial charge in [-0.2, -0.15) is 0 Å². The van der Waals surface area contributed by atoms with Crippen LogP contribution in [0.5, 0.6) is 5.75 Å². The Morgan fingerprint density at radius 3 is 2.58 bits per heavy atom. The van der Waals surface area contributed by atoms with Crippen LogP contribution in [0.1, 0.15) is 0 Å². The van der Waals surface area contributed by atoms with E-state index in [4.69, 9.17) is 4.74 Å². The third-order valence-electron chi connectivity index (χ3n) is 3.02. The van der Waals surface area contributed by atoms with Gasteiger partial charge in [-0.15, -0.1) is 0 Å². The molecule has 2 heterocycles. The van der Waals surface area contributed by atoms with Crippen LogP contribution in [0.25, 0.3) is 16.8 Å². The molecule has 0 amide bonds. The van der Waals surface area contributed by atoms with Crippen LogP contribution < -0.4 is 10.3 Å². The highest BCUT2D eigenvalue weighted by Gasteiger charge is 2.01. The SMILES string of the molecule is COc1ccc(-c2ccn3c(=O)ccnc3c2)cc1. The summed E-state index contributed by atoms with van der Waals surface area (Å²) in [5, 5.41) is 0. The lowest BCUT2D eigenvalue weighted by molar-refractivity contribution is 0.415. The molecule has 0 N–H and O–H groups in total. The fourth-order valence-electron chi connectivity index (χ4n) is 1.99. The maximum atomic E-state index is 11.6. The molecule has 3 rings (SSSR count). The van der Waals surface area contributed by atoms with Crippen LogP contribution in [0, 0.1) is 0 Å². The van der Waals surface area contributed by atoms with Gasteiger partial charge < -0.3 is 4.74 Å². The maximum Gasteiger partial charge on any atom is 0.257 e. The molecule has 0 aliphatic carbocycles. The summed E-state index contributed by atoms with van der Waals surface area (Å²) in [6.45, 7) is 0. The minimum absolute atomic E-state index is 0.0775. The Balaban J connectivity index is 2.12. The molecular formula is C15H12N2O2. The lowest BCUT2D eigenvalue weighted by Crippen LogP contribution is -2.12. The number of methoxy groups -OCH3 is 1. The Labute approximate surface area is 109 Å². The molecule has 0 aliphatic rings. The second kappa shape index (κ2) is 4.57. The number of rotatable bonds is 2. The van der Waals surface area contributed by atoms with Crippen molar-refractivity contribution in [3.8, 4) is 16.9 Å². The maximum absolute atomic E-state index is 11.6. The van der Waals surface area contributed by atoms with E-state index in [0.29, 0.717) is 5.65 Å². The van der Waals surface area contributed by atoms with Crippen LogP contribution in [0.15, 0.2) is 59.7 Å². The molecule has 0 spiro atoms. The lowest BCUT2D eigenvalue weighted by Gasteiger charge is -2.05. The standard InChI is InChI=1S/C15H12N2O2/c1-19-13-4-2-11(3-5-13)12-7-9-17-14(10-12)16-8-6-15(17)18/h2-10H,1H3. The average molecular weight is 252 g/mol. The molecule has 0 atom stereocenters. The molecule has 1 aromatic carbocycles. The topological polar surface area (TPSA) is 43.6 Å². The Morgan fingerprint density at radius 2 is 1.84 bits per heavy atom. The predicted molar refractivity (Wildman–Crippen MR) is 73.5 cm³/mol. The van der Waals surface area contributed by atoms with Crippen molar-refractivity contribution in [3.05, 3.63) is 65.2 Å². The number of benzene rings is 1. The van der Waals surface area contributed by atoms with Gasteiger partial charge in [-0.05, 0) is 35.4 Å². The fourth-order valence-corrected chi connectivity index (χ4v) is 1.99. The second-order valence-electron chi connectivity index (χ2n) is 4.16. The zero-order chi connectivity index (χ0) is 13.2. The molecule has 0 bridgehead atoms. The van der Waals surface area contributed by atoms with E-state index in [9.17, 15) is 4.79 Å². The highest BCUT2D eigenvalue weighted by Crippen LogP contribution is 2.22. The van der Waals surface area contributed by atoms with Gasteiger partial charge in [0.1, 0.15) is 11.4 Å². The van der Waals surface area contributed by atoms with Crippen LogP contribution in [0.3, 0.4) is 0 Å². The zero-order valence-electron chi connectivity index (χ0n) is 10.4. The van der Waals surface area contributed by atoms with E-state index in [1.165, 1.54) is 16.7 Å². The quantitative estimate of drug-likeness (QED) is 0.703. The number of ether oxygens (including phenoxy) is 1. The molecule has 2 aromatic heterocycles. The minimum Gasteiger partial charge on any atom is -0.497 e. The van der Waals surface area contributed by atoms with Crippen molar-refractivity contribution in [1.82, 2.24) is 9.38 Å². The molecule has 3 aromatic rings. The van der Waals surface area contributed by atoms with Gasteiger partial charge >= 0.3 is 0 Å². The number of nitrogens with zero attached hydrogens (tertiary/aromatic N) is 2. The third-order valence-corrected chi connectivity index (χ3v) is 3.02. The molecule has 94 valence electrons. The molecule has 4 nitrogen and oxygen atoms in total. The van der Waals surface area contributed by atoms with E-state index >= 15 is 0 Å². The number of aromatic nitrogens is 2. The fraction of sp³-hybridized carbons (Fsp3) is 0.0667. The zero-order valence-corrected chi connectivity index (χ0v) is 10.4. The first-order valence-corrected chi connectivity index (χ1v) is 5.90. The van der Waals surface area contributed by atoms with Gasteiger partial charge in [0.15, 0.2) is 0 Å². The molecule has 4 heteroatoms. The Hall–Kier alpha value is -2.62. The number of hydrogen-bond donors (Lipinski definition) is 0. The summed E-state index contributed by atoms with van der Waals surface area (Å²) in [4.78, 5) is 15.8. The van der Waals surface area contributed by atoms with Gasteiger partial charge in [-0.1, -0.05) is 12.1 Å². The highest BCUT2D eigenvalue weighted by molar-refractivity contribution is 5.67. The first-order valence-electron chi connectivity index (χ1n) is 5.90. The monoisotopic (exact) mass is 252 g/mol. The van der Waals surface area contributed by atoms with Crippen LogP contribution in [0.4, 0.5) is 0 Å². The highest BCUT2D eigenvalue weighted by atomic mass is 16.5. The van der Waals surface area contributed by atoms with Crippen molar-refractivity contribution >= 4 is 5.65 Å². The van der Waals surface area contributed by atoms with E-state index in [0.717, 1.165) is 16.9 Å². The molecule has 0 radical (unpaired) electrons. The molecule has 0 unspecified atom stereocenters. The third kappa shape index (κ3) is 2.08. The van der Waals surface area contributed by atoms with E-state index < -0.39 is 0 Å². The van der Waals surface area contributed by atoms with Crippen LogP contribution in [0.2, 0.25) is 0 Å². The van der Waals surface area contributed by atoms with Crippen molar-refractivity contribution in [1.29, 1.82) is 0 Å². The number of fused-ring (bicyclic) bond motifs is 1. The first-order chi connectivity index (χ1) is 9.28. The average Bonchev–Trinajstić information content (AvgIpc) is 2.47. The van der Waals surface area contributed by atoms with Gasteiger partial charge in [0, 0.05) is 18.5 Å². The Kier molecular flexibility index (Phi) is 2.76. The molecule has 0 saturated heterocycles. The summed E-state index contributed by atoms with van der Waals surface area (Å²) in [7, 11) is 1.64. The predicted octanol–water partition coefficient (Wildman–Crippen LogP) is 2.37. The van der Waals surface area contributed by atoms with Crippen molar-refractivity contribution in [2.24, 2.45) is 0 Å². The van der Waals surface area contributed by atoms with Crippen molar-refractivity contribution in [3.63, 3.8) is 0 Å².